The maximum Gasteiger partial charge on any atom is 0.416 e. The number of nitrogens with zero attached hydrogens (tertiary/aromatic N) is 3. The molecule has 0 fully saturated rings. The molecule has 2 N–H and O–H groups in total. The first-order valence-electron chi connectivity index (χ1n) is 8.10. The van der Waals surface area contributed by atoms with Gasteiger partial charge in [0.15, 0.2) is 0 Å². The molecule has 0 spiro atoms. The van der Waals surface area contributed by atoms with Gasteiger partial charge in [-0.15, -0.1) is 0 Å². The molecule has 3 aromatic rings. The van der Waals surface area contributed by atoms with Crippen LogP contribution in [0.1, 0.15) is 11.1 Å². The van der Waals surface area contributed by atoms with Gasteiger partial charge in [-0.1, -0.05) is 6.07 Å². The molecule has 0 saturated heterocycles. The van der Waals surface area contributed by atoms with E-state index >= 15 is 0 Å². The molecule has 6 nitrogen and oxygen atoms in total. The number of nitrogens with one attached hydrogen (secondary N) is 2. The van der Waals surface area contributed by atoms with Crippen molar-refractivity contribution >= 4 is 17.3 Å². The summed E-state index contributed by atoms with van der Waals surface area (Å²) < 4.78 is 53.7. The van der Waals surface area contributed by atoms with Crippen LogP contribution in [0.4, 0.5) is 28.9 Å². The minimum Gasteiger partial charge on any atom is -0.376 e. The number of aryl methyl sites for hydroxylation is 1. The van der Waals surface area contributed by atoms with Gasteiger partial charge < -0.3 is 10.6 Å². The Kier molecular flexibility index (Phi) is 5.30. The zero-order valence-electron chi connectivity index (χ0n) is 14.6. The molecule has 2 aromatic carbocycles. The third-order valence-electron chi connectivity index (χ3n) is 3.90. The first kappa shape index (κ1) is 19.3. The van der Waals surface area contributed by atoms with Crippen LogP contribution in [-0.4, -0.2) is 27.2 Å². The van der Waals surface area contributed by atoms with E-state index in [4.69, 9.17) is 0 Å². The smallest absolute Gasteiger partial charge is 0.376 e. The fourth-order valence-corrected chi connectivity index (χ4v) is 2.50. The van der Waals surface area contributed by atoms with Crippen molar-refractivity contribution in [2.75, 3.05) is 17.2 Å². The summed E-state index contributed by atoms with van der Waals surface area (Å²) in [4.78, 5) is 16.0. The van der Waals surface area contributed by atoms with Crippen LogP contribution < -0.4 is 10.6 Å². The van der Waals surface area contributed by atoms with E-state index in [-0.39, 0.29) is 17.9 Å². The van der Waals surface area contributed by atoms with Crippen LogP contribution in [0.3, 0.4) is 0 Å². The highest BCUT2D eigenvalue weighted by atomic mass is 19.4. The molecule has 1 heterocycles. The van der Waals surface area contributed by atoms with Gasteiger partial charge in [-0.25, -0.2) is 14.1 Å². The lowest BCUT2D eigenvalue weighted by Crippen LogP contribution is -2.23. The third-order valence-corrected chi connectivity index (χ3v) is 3.90. The van der Waals surface area contributed by atoms with Crippen LogP contribution in [0.15, 0.2) is 49.1 Å². The van der Waals surface area contributed by atoms with E-state index in [0.29, 0.717) is 5.69 Å². The average molecular weight is 393 g/mol. The van der Waals surface area contributed by atoms with E-state index < -0.39 is 23.5 Å². The predicted molar refractivity (Wildman–Crippen MR) is 94.6 cm³/mol. The van der Waals surface area contributed by atoms with Gasteiger partial charge in [0.25, 0.3) is 0 Å². The van der Waals surface area contributed by atoms with Gasteiger partial charge in [-0.05, 0) is 42.8 Å². The molecular formula is C18H15F4N5O. The van der Waals surface area contributed by atoms with Crippen molar-refractivity contribution < 1.29 is 22.4 Å². The summed E-state index contributed by atoms with van der Waals surface area (Å²) in [7, 11) is 0. The second-order valence-corrected chi connectivity index (χ2v) is 5.93. The second-order valence-electron chi connectivity index (χ2n) is 5.93. The number of carbonyl (C=O) groups excluding carboxylic acids is 1. The number of anilines is 2. The fourth-order valence-electron chi connectivity index (χ4n) is 2.50. The number of halogens is 4. The highest BCUT2D eigenvalue weighted by Crippen LogP contribution is 2.33. The largest absolute Gasteiger partial charge is 0.416 e. The van der Waals surface area contributed by atoms with E-state index in [2.05, 4.69) is 20.7 Å². The van der Waals surface area contributed by atoms with Crippen LogP contribution in [0, 0.1) is 12.7 Å². The van der Waals surface area contributed by atoms with Gasteiger partial charge in [0.1, 0.15) is 18.5 Å². The van der Waals surface area contributed by atoms with Crippen molar-refractivity contribution in [2.24, 2.45) is 0 Å². The van der Waals surface area contributed by atoms with Crippen molar-refractivity contribution in [2.45, 2.75) is 13.1 Å². The molecule has 0 bridgehead atoms. The summed E-state index contributed by atoms with van der Waals surface area (Å²) in [5.41, 5.74) is 0.358. The van der Waals surface area contributed by atoms with E-state index in [0.717, 1.165) is 17.7 Å². The minimum atomic E-state index is -4.57. The number of hydrogen-bond acceptors (Lipinski definition) is 4. The van der Waals surface area contributed by atoms with Gasteiger partial charge in [-0.3, -0.25) is 4.79 Å². The molecular weight excluding hydrogens is 378 g/mol. The standard InChI is InChI=1S/C18H15F4N5O/c1-11-2-4-13(19)7-14(11)24-8-17(28)26-15-6-12(18(20,21)22)3-5-16(15)27-10-23-9-25-27/h2-7,9-10,24H,8H2,1H3,(H,26,28). The quantitative estimate of drug-likeness (QED) is 0.647. The van der Waals surface area contributed by atoms with E-state index in [1.54, 1.807) is 13.0 Å². The maximum absolute atomic E-state index is 13.3. The molecule has 1 amide bonds. The van der Waals surface area contributed by atoms with Gasteiger partial charge in [0, 0.05) is 5.69 Å². The Morgan fingerprint density at radius 2 is 1.93 bits per heavy atom. The number of aromatic nitrogens is 3. The molecule has 0 saturated carbocycles. The molecule has 1 aromatic heterocycles. The number of hydrogen-bond donors (Lipinski definition) is 2. The first-order chi connectivity index (χ1) is 13.2. The zero-order valence-corrected chi connectivity index (χ0v) is 14.6. The monoisotopic (exact) mass is 393 g/mol. The van der Waals surface area contributed by atoms with E-state index in [1.807, 2.05) is 0 Å². The molecule has 3 rings (SSSR count). The Morgan fingerprint density at radius 3 is 2.61 bits per heavy atom. The summed E-state index contributed by atoms with van der Waals surface area (Å²) in [6.07, 6.45) is -2.05. The molecule has 0 aliphatic heterocycles. The lowest BCUT2D eigenvalue weighted by Gasteiger charge is -2.15. The Bertz CT molecular complexity index is 986. The van der Waals surface area contributed by atoms with Crippen molar-refractivity contribution in [3.63, 3.8) is 0 Å². The van der Waals surface area contributed by atoms with Crippen LogP contribution >= 0.6 is 0 Å². The number of amides is 1. The van der Waals surface area contributed by atoms with Crippen LogP contribution in [0.5, 0.6) is 0 Å². The number of carbonyl (C=O) groups is 1. The number of benzene rings is 2. The second kappa shape index (κ2) is 7.67. The molecule has 0 aliphatic carbocycles. The average Bonchev–Trinajstić information content (AvgIpc) is 3.16. The lowest BCUT2D eigenvalue weighted by atomic mass is 10.1. The summed E-state index contributed by atoms with van der Waals surface area (Å²) in [5, 5.41) is 9.07. The van der Waals surface area contributed by atoms with Gasteiger partial charge in [-0.2, -0.15) is 18.3 Å². The van der Waals surface area contributed by atoms with Crippen molar-refractivity contribution in [1.29, 1.82) is 0 Å². The highest BCUT2D eigenvalue weighted by Gasteiger charge is 2.31. The predicted octanol–water partition coefficient (Wildman–Crippen LogP) is 3.78. The summed E-state index contributed by atoms with van der Waals surface area (Å²) in [6.45, 7) is 1.46. The van der Waals surface area contributed by atoms with Crippen LogP contribution in [0.25, 0.3) is 5.69 Å². The Hall–Kier alpha value is -3.43. The van der Waals surface area contributed by atoms with Gasteiger partial charge in [0.2, 0.25) is 5.91 Å². The van der Waals surface area contributed by atoms with Crippen molar-refractivity contribution in [1.82, 2.24) is 14.8 Å². The Balaban J connectivity index is 1.81. The Morgan fingerprint density at radius 1 is 1.14 bits per heavy atom. The van der Waals surface area contributed by atoms with E-state index in [1.165, 1.54) is 35.5 Å². The zero-order chi connectivity index (χ0) is 20.3. The molecule has 10 heteroatoms. The maximum atomic E-state index is 13.3. The van der Waals surface area contributed by atoms with E-state index in [9.17, 15) is 22.4 Å². The number of rotatable bonds is 5. The van der Waals surface area contributed by atoms with Crippen LogP contribution in [0.2, 0.25) is 0 Å². The summed E-state index contributed by atoms with van der Waals surface area (Å²) in [6, 6.07) is 6.97. The molecule has 0 aliphatic rings. The Labute approximate surface area is 157 Å². The topological polar surface area (TPSA) is 71.8 Å². The van der Waals surface area contributed by atoms with Gasteiger partial charge in [0.05, 0.1) is 23.5 Å². The van der Waals surface area contributed by atoms with Crippen molar-refractivity contribution in [3.05, 3.63) is 66.0 Å². The molecule has 0 radical (unpaired) electrons. The minimum absolute atomic E-state index is 0.0805. The van der Waals surface area contributed by atoms with Crippen molar-refractivity contribution in [3.8, 4) is 5.69 Å². The summed E-state index contributed by atoms with van der Waals surface area (Å²) >= 11 is 0. The SMILES string of the molecule is Cc1ccc(F)cc1NCC(=O)Nc1cc(C(F)(F)F)ccc1-n1cncn1. The lowest BCUT2D eigenvalue weighted by molar-refractivity contribution is -0.137. The van der Waals surface area contributed by atoms with Crippen LogP contribution in [-0.2, 0) is 11.0 Å². The first-order valence-corrected chi connectivity index (χ1v) is 8.10. The highest BCUT2D eigenvalue weighted by molar-refractivity contribution is 5.95. The molecule has 0 atom stereocenters. The number of alkyl halides is 3. The molecule has 146 valence electrons. The summed E-state index contributed by atoms with van der Waals surface area (Å²) in [5.74, 6) is -1.08. The molecule has 0 unspecified atom stereocenters. The molecule has 28 heavy (non-hydrogen) atoms. The third kappa shape index (κ3) is 4.45. The fraction of sp³-hybridized carbons (Fsp3) is 0.167. The van der Waals surface area contributed by atoms with Gasteiger partial charge >= 0.3 is 6.18 Å². The normalized spacial score (nSPS) is 11.3.